The van der Waals surface area contributed by atoms with Crippen LogP contribution in [0.15, 0.2) is 15.8 Å². The van der Waals surface area contributed by atoms with Gasteiger partial charge in [-0.15, -0.1) is 0 Å². The molecule has 7 nitrogen and oxygen atoms in total. The second-order valence-corrected chi connectivity index (χ2v) is 4.37. The van der Waals surface area contributed by atoms with Crippen LogP contribution in [0.2, 0.25) is 0 Å². The maximum atomic E-state index is 11.7. The minimum Gasteiger partial charge on any atom is -0.390 e. The number of ether oxygens (including phenoxy) is 2. The summed E-state index contributed by atoms with van der Waals surface area (Å²) in [6.07, 6.45) is 0.00378. The fourth-order valence-electron chi connectivity index (χ4n) is 2.00. The predicted octanol–water partition coefficient (Wildman–Crippen LogP) is -0.860. The summed E-state index contributed by atoms with van der Waals surface area (Å²) in [4.78, 5) is 25.1. The Labute approximate surface area is 103 Å². The quantitative estimate of drug-likeness (QED) is 0.734. The van der Waals surface area contributed by atoms with Crippen LogP contribution in [0.3, 0.4) is 0 Å². The summed E-state index contributed by atoms with van der Waals surface area (Å²) in [6.45, 7) is 1.86. The summed E-state index contributed by atoms with van der Waals surface area (Å²) in [5.41, 5.74) is -0.535. The van der Waals surface area contributed by atoms with Crippen LogP contribution in [-0.2, 0) is 9.47 Å². The minimum atomic E-state index is -0.686. The van der Waals surface area contributed by atoms with E-state index in [2.05, 4.69) is 4.98 Å². The molecule has 0 aliphatic carbocycles. The van der Waals surface area contributed by atoms with Gasteiger partial charge < -0.3 is 14.6 Å². The fraction of sp³-hybridized carbons (Fsp3) is 0.636. The highest BCUT2D eigenvalue weighted by atomic mass is 16.6. The molecule has 7 heteroatoms. The Morgan fingerprint density at radius 2 is 2.33 bits per heavy atom. The highest BCUT2D eigenvalue weighted by Gasteiger charge is 2.35. The molecule has 0 aromatic carbocycles. The predicted molar refractivity (Wildman–Crippen MR) is 62.5 cm³/mol. The van der Waals surface area contributed by atoms with E-state index in [4.69, 9.17) is 9.47 Å². The van der Waals surface area contributed by atoms with Crippen LogP contribution in [0, 0.1) is 6.92 Å². The number of aliphatic hydroxyl groups excluding tert-OH is 1. The van der Waals surface area contributed by atoms with Crippen molar-refractivity contribution in [1.82, 2.24) is 9.55 Å². The van der Waals surface area contributed by atoms with Gasteiger partial charge in [0.05, 0.1) is 12.7 Å². The second kappa shape index (κ2) is 5.05. The van der Waals surface area contributed by atoms with Gasteiger partial charge in [-0.1, -0.05) is 0 Å². The standard InChI is InChI=1S/C11H16N2O5/c1-6-4-13(11(16)12-10(6)15)9-3-7(14)8(18-9)5-17-2/h4,7-9,14H,3,5H2,1-2H3,(H,12,15,16)/t7-,8-,9-/m1/s1. The maximum absolute atomic E-state index is 11.7. The molecule has 2 rings (SSSR count). The first-order valence-corrected chi connectivity index (χ1v) is 5.67. The molecule has 2 N–H and O–H groups in total. The zero-order valence-corrected chi connectivity index (χ0v) is 10.3. The second-order valence-electron chi connectivity index (χ2n) is 4.37. The molecule has 3 atom stereocenters. The molecule has 0 radical (unpaired) electrons. The third-order valence-electron chi connectivity index (χ3n) is 2.99. The molecule has 18 heavy (non-hydrogen) atoms. The summed E-state index contributed by atoms with van der Waals surface area (Å²) in [7, 11) is 1.51. The molecule has 1 saturated heterocycles. The van der Waals surface area contributed by atoms with Gasteiger partial charge in [-0.2, -0.15) is 0 Å². The Morgan fingerprint density at radius 1 is 1.61 bits per heavy atom. The molecule has 2 heterocycles. The zero-order chi connectivity index (χ0) is 13.3. The number of nitrogens with one attached hydrogen (secondary N) is 1. The van der Waals surface area contributed by atoms with Crippen molar-refractivity contribution in [3.05, 3.63) is 32.6 Å². The van der Waals surface area contributed by atoms with Crippen molar-refractivity contribution in [2.24, 2.45) is 0 Å². The average molecular weight is 256 g/mol. The van der Waals surface area contributed by atoms with Gasteiger partial charge in [0.1, 0.15) is 12.3 Å². The number of methoxy groups -OCH3 is 1. The van der Waals surface area contributed by atoms with Gasteiger partial charge in [-0.25, -0.2) is 4.79 Å². The van der Waals surface area contributed by atoms with Crippen LogP contribution < -0.4 is 11.2 Å². The number of aryl methyl sites for hydroxylation is 1. The highest BCUT2D eigenvalue weighted by molar-refractivity contribution is 5.02. The number of rotatable bonds is 3. The van der Waals surface area contributed by atoms with E-state index in [9.17, 15) is 14.7 Å². The number of aliphatic hydroxyl groups is 1. The summed E-state index contributed by atoms with van der Waals surface area (Å²) in [6, 6.07) is 0. The minimum absolute atomic E-state index is 0.259. The maximum Gasteiger partial charge on any atom is 0.330 e. The van der Waals surface area contributed by atoms with Crippen molar-refractivity contribution in [2.75, 3.05) is 13.7 Å². The molecule has 1 aromatic heterocycles. The van der Waals surface area contributed by atoms with Gasteiger partial charge in [0.2, 0.25) is 0 Å². The topological polar surface area (TPSA) is 93.5 Å². The third kappa shape index (κ3) is 2.38. The molecular weight excluding hydrogens is 240 g/mol. The lowest BCUT2D eigenvalue weighted by Crippen LogP contribution is -2.33. The average Bonchev–Trinajstić information content (AvgIpc) is 2.66. The number of aromatic nitrogens is 2. The van der Waals surface area contributed by atoms with Gasteiger partial charge >= 0.3 is 5.69 Å². The van der Waals surface area contributed by atoms with Crippen molar-refractivity contribution < 1.29 is 14.6 Å². The van der Waals surface area contributed by atoms with Gasteiger partial charge in [0, 0.05) is 25.3 Å². The lowest BCUT2D eigenvalue weighted by Gasteiger charge is -2.15. The van der Waals surface area contributed by atoms with Crippen molar-refractivity contribution in [3.8, 4) is 0 Å². The highest BCUT2D eigenvalue weighted by Crippen LogP contribution is 2.27. The Bertz CT molecular complexity index is 535. The normalized spacial score (nSPS) is 27.6. The summed E-state index contributed by atoms with van der Waals surface area (Å²) in [5, 5.41) is 9.77. The molecule has 0 saturated carbocycles. The van der Waals surface area contributed by atoms with Gasteiger partial charge in [-0.3, -0.25) is 14.3 Å². The lowest BCUT2D eigenvalue weighted by molar-refractivity contribution is -0.0547. The molecule has 0 spiro atoms. The molecule has 1 aliphatic heterocycles. The SMILES string of the molecule is COC[C@H]1O[C@@H](n2cc(C)c(=O)[nH]c2=O)C[C@H]1O. The Hall–Kier alpha value is -1.44. The van der Waals surface area contributed by atoms with Gasteiger partial charge in [0.15, 0.2) is 0 Å². The van der Waals surface area contributed by atoms with Crippen molar-refractivity contribution in [1.29, 1.82) is 0 Å². The van der Waals surface area contributed by atoms with E-state index in [-0.39, 0.29) is 6.61 Å². The van der Waals surface area contributed by atoms with Crippen LogP contribution in [0.1, 0.15) is 18.2 Å². The molecular formula is C11H16N2O5. The monoisotopic (exact) mass is 256 g/mol. The van der Waals surface area contributed by atoms with Gasteiger partial charge in [0.25, 0.3) is 5.56 Å². The van der Waals surface area contributed by atoms with Crippen LogP contribution in [0.4, 0.5) is 0 Å². The van der Waals surface area contributed by atoms with E-state index in [1.165, 1.54) is 17.9 Å². The third-order valence-corrected chi connectivity index (χ3v) is 2.99. The fourth-order valence-corrected chi connectivity index (χ4v) is 2.00. The molecule has 1 aromatic rings. The van der Waals surface area contributed by atoms with Crippen LogP contribution >= 0.6 is 0 Å². The summed E-state index contributed by atoms with van der Waals surface area (Å²) < 4.78 is 11.8. The van der Waals surface area contributed by atoms with Crippen LogP contribution in [-0.4, -0.2) is 40.6 Å². The molecule has 100 valence electrons. The summed E-state index contributed by atoms with van der Waals surface area (Å²) in [5.74, 6) is 0. The zero-order valence-electron chi connectivity index (χ0n) is 10.3. The van der Waals surface area contributed by atoms with Crippen LogP contribution in [0.25, 0.3) is 0 Å². The van der Waals surface area contributed by atoms with E-state index >= 15 is 0 Å². The first-order valence-electron chi connectivity index (χ1n) is 5.67. The van der Waals surface area contributed by atoms with Crippen molar-refractivity contribution in [3.63, 3.8) is 0 Å². The molecule has 0 bridgehead atoms. The first kappa shape index (κ1) is 13.0. The Morgan fingerprint density at radius 3 is 3.00 bits per heavy atom. The van der Waals surface area contributed by atoms with E-state index in [1.807, 2.05) is 0 Å². The number of aromatic amines is 1. The molecule has 0 unspecified atom stereocenters. The number of nitrogens with zero attached hydrogens (tertiary/aromatic N) is 1. The van der Waals surface area contributed by atoms with Crippen molar-refractivity contribution in [2.45, 2.75) is 31.8 Å². The first-order chi connectivity index (χ1) is 8.52. The molecule has 1 fully saturated rings. The number of hydrogen-bond acceptors (Lipinski definition) is 5. The van der Waals surface area contributed by atoms with Gasteiger partial charge in [-0.05, 0) is 6.92 Å². The Balaban J connectivity index is 2.26. The number of hydrogen-bond donors (Lipinski definition) is 2. The smallest absolute Gasteiger partial charge is 0.330 e. The van der Waals surface area contributed by atoms with E-state index in [1.54, 1.807) is 6.92 Å². The lowest BCUT2D eigenvalue weighted by atomic mass is 10.2. The van der Waals surface area contributed by atoms with Crippen LogP contribution in [0.5, 0.6) is 0 Å². The van der Waals surface area contributed by atoms with Crippen molar-refractivity contribution >= 4 is 0 Å². The Kier molecular flexibility index (Phi) is 3.65. The summed E-state index contributed by atoms with van der Waals surface area (Å²) >= 11 is 0. The number of H-pyrrole nitrogens is 1. The van der Waals surface area contributed by atoms with E-state index in [0.717, 1.165) is 0 Å². The molecule has 1 aliphatic rings. The largest absolute Gasteiger partial charge is 0.390 e. The molecule has 0 amide bonds. The van der Waals surface area contributed by atoms with E-state index in [0.29, 0.717) is 12.0 Å². The van der Waals surface area contributed by atoms with E-state index < -0.39 is 29.7 Å².